The van der Waals surface area contributed by atoms with Gasteiger partial charge >= 0.3 is 0 Å². The highest BCUT2D eigenvalue weighted by molar-refractivity contribution is 7.92. The smallest absolute Gasteiger partial charge is 0.290 e. The van der Waals surface area contributed by atoms with Crippen molar-refractivity contribution in [3.8, 4) is 11.5 Å². The number of rotatable bonds is 7. The first-order chi connectivity index (χ1) is 17.7. The summed E-state index contributed by atoms with van der Waals surface area (Å²) >= 11 is 0. The highest BCUT2D eigenvalue weighted by Crippen LogP contribution is 2.37. The third-order valence-electron chi connectivity index (χ3n) is 6.01. The van der Waals surface area contributed by atoms with Crippen molar-refractivity contribution in [2.24, 2.45) is 4.36 Å². The maximum absolute atomic E-state index is 14.2. The standard InChI is InChI=1S/C23H26FN5O7S/c1-32-16-9-34-21-17(10-35-20(16)21)36-15-7-12(24)5-6-14(15)27-22-18-19(33-2)13(8-29(18)26-11-25-22)23(30)28-37(3,4)31/h5-8,11,16-17,20-21H,9-10H2,1-4H3,(H,25,26,27)/t16-,17-,20-,21-/m1/s1. The number of ether oxygens (including phenoxy) is 5. The van der Waals surface area contributed by atoms with E-state index in [0.717, 1.165) is 0 Å². The Morgan fingerprint density at radius 2 is 1.95 bits per heavy atom. The van der Waals surface area contributed by atoms with Crippen LogP contribution in [-0.4, -0.2) is 89.1 Å². The summed E-state index contributed by atoms with van der Waals surface area (Å²) in [7, 11) is 0.282. The molecule has 0 spiro atoms. The van der Waals surface area contributed by atoms with Crippen LogP contribution in [0, 0.1) is 5.82 Å². The van der Waals surface area contributed by atoms with E-state index < -0.39 is 27.6 Å². The lowest BCUT2D eigenvalue weighted by Crippen LogP contribution is -2.35. The molecule has 1 aromatic carbocycles. The van der Waals surface area contributed by atoms with Crippen LogP contribution in [0.1, 0.15) is 10.4 Å². The van der Waals surface area contributed by atoms with E-state index in [2.05, 4.69) is 19.8 Å². The fourth-order valence-corrected chi connectivity index (χ4v) is 4.90. The zero-order valence-electron chi connectivity index (χ0n) is 20.5. The van der Waals surface area contributed by atoms with Gasteiger partial charge in [-0.3, -0.25) is 4.79 Å². The van der Waals surface area contributed by atoms with Gasteiger partial charge in [0.25, 0.3) is 5.91 Å². The number of hydrogen-bond acceptors (Lipinski definition) is 10. The number of carbonyl (C=O) groups excluding carboxylic acids is 1. The molecule has 1 amide bonds. The number of nitrogens with one attached hydrogen (secondary N) is 1. The van der Waals surface area contributed by atoms with E-state index in [1.54, 1.807) is 7.11 Å². The number of nitrogens with zero attached hydrogens (tertiary/aromatic N) is 4. The molecule has 2 aliphatic rings. The Morgan fingerprint density at radius 3 is 2.65 bits per heavy atom. The molecule has 0 saturated carbocycles. The van der Waals surface area contributed by atoms with Crippen molar-refractivity contribution in [3.63, 3.8) is 0 Å². The molecule has 198 valence electrons. The number of anilines is 2. The zero-order valence-corrected chi connectivity index (χ0v) is 21.4. The summed E-state index contributed by atoms with van der Waals surface area (Å²) < 4.78 is 60.1. The summed E-state index contributed by atoms with van der Waals surface area (Å²) in [6.45, 7) is 0.633. The quantitative estimate of drug-likeness (QED) is 0.479. The van der Waals surface area contributed by atoms with Gasteiger partial charge in [0, 0.05) is 41.6 Å². The fourth-order valence-electron chi connectivity index (χ4n) is 4.40. The van der Waals surface area contributed by atoms with Crippen molar-refractivity contribution in [2.45, 2.75) is 24.4 Å². The monoisotopic (exact) mass is 535 g/mol. The van der Waals surface area contributed by atoms with Gasteiger partial charge < -0.3 is 29.0 Å². The molecule has 4 heterocycles. The minimum Gasteiger partial charge on any atom is -0.493 e. The molecule has 37 heavy (non-hydrogen) atoms. The molecule has 12 nitrogen and oxygen atoms in total. The maximum atomic E-state index is 14.2. The topological polar surface area (TPSA) is 135 Å². The number of amides is 1. The van der Waals surface area contributed by atoms with Gasteiger partial charge in [-0.2, -0.15) is 9.46 Å². The molecule has 2 saturated heterocycles. The molecular weight excluding hydrogens is 509 g/mol. The number of hydrogen-bond donors (Lipinski definition) is 1. The fraction of sp³-hybridized carbons (Fsp3) is 0.435. The average molecular weight is 536 g/mol. The normalized spacial score (nSPS) is 23.2. The highest BCUT2D eigenvalue weighted by atomic mass is 32.2. The Morgan fingerprint density at radius 1 is 1.22 bits per heavy atom. The molecule has 0 unspecified atom stereocenters. The molecule has 5 rings (SSSR count). The third kappa shape index (κ3) is 4.97. The Kier molecular flexibility index (Phi) is 6.74. The molecule has 2 aromatic heterocycles. The van der Waals surface area contributed by atoms with Crippen molar-refractivity contribution in [1.29, 1.82) is 0 Å². The van der Waals surface area contributed by atoms with Crippen LogP contribution in [-0.2, 0) is 23.9 Å². The number of aromatic nitrogens is 3. The van der Waals surface area contributed by atoms with Gasteiger partial charge in [-0.25, -0.2) is 18.1 Å². The van der Waals surface area contributed by atoms with Gasteiger partial charge in [0.05, 0.1) is 26.0 Å². The van der Waals surface area contributed by atoms with Crippen LogP contribution in [0.4, 0.5) is 15.9 Å². The average Bonchev–Trinajstić information content (AvgIpc) is 3.54. The summed E-state index contributed by atoms with van der Waals surface area (Å²) in [6, 6.07) is 4.03. The number of fused-ring (bicyclic) bond motifs is 2. The van der Waals surface area contributed by atoms with E-state index in [9.17, 15) is 13.4 Å². The summed E-state index contributed by atoms with van der Waals surface area (Å²) in [5.74, 6) is -0.599. The van der Waals surface area contributed by atoms with Crippen LogP contribution in [0.15, 0.2) is 35.1 Å². The lowest BCUT2D eigenvalue weighted by atomic mass is 10.1. The van der Waals surface area contributed by atoms with E-state index >= 15 is 0 Å². The molecule has 2 fully saturated rings. The van der Waals surface area contributed by atoms with Gasteiger partial charge in [0.2, 0.25) is 0 Å². The van der Waals surface area contributed by atoms with Crippen LogP contribution in [0.5, 0.6) is 11.5 Å². The van der Waals surface area contributed by atoms with E-state index in [-0.39, 0.29) is 47.8 Å². The van der Waals surface area contributed by atoms with Gasteiger partial charge in [0.15, 0.2) is 23.2 Å². The third-order valence-corrected chi connectivity index (χ3v) is 6.61. The molecular formula is C23H26FN5O7S. The molecule has 4 atom stereocenters. The van der Waals surface area contributed by atoms with Crippen LogP contribution >= 0.6 is 0 Å². The second-order valence-electron chi connectivity index (χ2n) is 8.85. The Labute approximate surface area is 212 Å². The van der Waals surface area contributed by atoms with E-state index in [0.29, 0.717) is 17.8 Å². The minimum absolute atomic E-state index is 0.0679. The zero-order chi connectivity index (χ0) is 26.3. The van der Waals surface area contributed by atoms with Gasteiger partial charge in [0.1, 0.15) is 41.8 Å². The van der Waals surface area contributed by atoms with Crippen molar-refractivity contribution >= 4 is 32.7 Å². The van der Waals surface area contributed by atoms with Crippen LogP contribution < -0.4 is 14.8 Å². The van der Waals surface area contributed by atoms with E-state index in [4.69, 9.17) is 23.7 Å². The highest BCUT2D eigenvalue weighted by Gasteiger charge is 2.49. The van der Waals surface area contributed by atoms with Crippen LogP contribution in [0.25, 0.3) is 5.52 Å². The predicted octanol–water partition coefficient (Wildman–Crippen LogP) is 2.05. The Balaban J connectivity index is 1.49. The molecule has 1 N–H and O–H groups in total. The van der Waals surface area contributed by atoms with Crippen molar-refractivity contribution in [2.75, 3.05) is 45.3 Å². The van der Waals surface area contributed by atoms with Crippen LogP contribution in [0.3, 0.4) is 0 Å². The molecule has 14 heteroatoms. The first kappa shape index (κ1) is 25.3. The summed E-state index contributed by atoms with van der Waals surface area (Å²) in [6.07, 6.45) is 4.11. The van der Waals surface area contributed by atoms with Gasteiger partial charge in [-0.05, 0) is 12.1 Å². The number of carbonyl (C=O) groups is 1. The molecule has 0 aliphatic carbocycles. The van der Waals surface area contributed by atoms with Gasteiger partial charge in [-0.15, -0.1) is 0 Å². The van der Waals surface area contributed by atoms with Crippen molar-refractivity contribution in [3.05, 3.63) is 42.1 Å². The van der Waals surface area contributed by atoms with E-state index in [1.807, 2.05) is 0 Å². The van der Waals surface area contributed by atoms with E-state index in [1.165, 1.54) is 54.9 Å². The molecule has 0 bridgehead atoms. The van der Waals surface area contributed by atoms with Crippen molar-refractivity contribution in [1.82, 2.24) is 14.6 Å². The first-order valence-electron chi connectivity index (χ1n) is 11.3. The SMILES string of the molecule is COc1c(C(=O)N=S(C)(C)=O)cn2ncnc(Nc3ccc(F)cc3O[C@@H]3CO[C@H]4[C@@H]3OC[C@H]4OC)c12. The van der Waals surface area contributed by atoms with Crippen LogP contribution in [0.2, 0.25) is 0 Å². The summed E-state index contributed by atoms with van der Waals surface area (Å²) in [5, 5.41) is 7.27. The summed E-state index contributed by atoms with van der Waals surface area (Å²) in [4.78, 5) is 17.0. The Bertz CT molecular complexity index is 1460. The Hall–Kier alpha value is -3.33. The number of benzene rings is 1. The minimum atomic E-state index is -2.70. The van der Waals surface area contributed by atoms with Crippen molar-refractivity contribution < 1.29 is 37.1 Å². The maximum Gasteiger partial charge on any atom is 0.290 e. The number of halogens is 1. The largest absolute Gasteiger partial charge is 0.493 e. The first-order valence-corrected chi connectivity index (χ1v) is 13.6. The lowest BCUT2D eigenvalue weighted by molar-refractivity contribution is -0.0138. The summed E-state index contributed by atoms with van der Waals surface area (Å²) in [5.41, 5.74) is 0.792. The predicted molar refractivity (Wildman–Crippen MR) is 131 cm³/mol. The molecule has 0 radical (unpaired) electrons. The molecule has 3 aromatic rings. The second kappa shape index (κ2) is 9.85. The molecule has 2 aliphatic heterocycles. The van der Waals surface area contributed by atoms with Gasteiger partial charge in [-0.1, -0.05) is 0 Å². The second-order valence-corrected chi connectivity index (χ2v) is 11.4. The lowest BCUT2D eigenvalue weighted by Gasteiger charge is -2.20. The number of methoxy groups -OCH3 is 2.